The Morgan fingerprint density at radius 3 is 2.78 bits per heavy atom. The molecule has 11 heteroatoms. The predicted octanol–water partition coefficient (Wildman–Crippen LogP) is -0.621. The minimum Gasteiger partial charge on any atom is -0.355 e. The van der Waals surface area contributed by atoms with Gasteiger partial charge in [-0.2, -0.15) is 0 Å². The van der Waals surface area contributed by atoms with Gasteiger partial charge < -0.3 is 10.6 Å². The van der Waals surface area contributed by atoms with Crippen molar-refractivity contribution in [3.05, 3.63) is 17.5 Å². The maximum absolute atomic E-state index is 11.9. The van der Waals surface area contributed by atoms with Gasteiger partial charge in [-0.1, -0.05) is 6.07 Å². The van der Waals surface area contributed by atoms with E-state index in [1.807, 2.05) is 0 Å². The summed E-state index contributed by atoms with van der Waals surface area (Å²) in [6, 6.07) is 3.06. The van der Waals surface area contributed by atoms with E-state index in [0.717, 1.165) is 11.3 Å². The summed E-state index contributed by atoms with van der Waals surface area (Å²) in [5.41, 5.74) is 0. The Bertz CT molecular complexity index is 741. The topological polar surface area (TPSA) is 117 Å². The van der Waals surface area contributed by atoms with Gasteiger partial charge in [0.05, 0.1) is 11.5 Å². The van der Waals surface area contributed by atoms with Gasteiger partial charge in [-0.05, 0) is 17.9 Å². The van der Waals surface area contributed by atoms with Crippen molar-refractivity contribution in [2.45, 2.75) is 16.7 Å². The van der Waals surface area contributed by atoms with Crippen molar-refractivity contribution in [3.63, 3.8) is 0 Å². The zero-order valence-electron chi connectivity index (χ0n) is 12.6. The summed E-state index contributed by atoms with van der Waals surface area (Å²) >= 11 is 1.16. The van der Waals surface area contributed by atoms with Crippen molar-refractivity contribution in [3.8, 4) is 0 Å². The molecule has 1 aromatic heterocycles. The number of thiophene rings is 1. The minimum atomic E-state index is -3.47. The van der Waals surface area contributed by atoms with Crippen molar-refractivity contribution in [2.24, 2.45) is 4.99 Å². The number of guanidine groups is 1. The standard InChI is InChI=1S/C12H20N4O4S3/c1-13-12(16-10-4-8-22(17,18)9-10)14-5-6-15-23(19,20)11-3-2-7-21-11/h2-3,7,10,15H,4-6,8-9H2,1H3,(H2,13,14,16). The van der Waals surface area contributed by atoms with Crippen LogP contribution in [-0.2, 0) is 19.9 Å². The van der Waals surface area contributed by atoms with Gasteiger partial charge in [-0.3, -0.25) is 4.99 Å². The fraction of sp³-hybridized carbons (Fsp3) is 0.583. The van der Waals surface area contributed by atoms with Crippen molar-refractivity contribution in [1.29, 1.82) is 0 Å². The highest BCUT2D eigenvalue weighted by molar-refractivity contribution is 7.91. The normalized spacial score (nSPS) is 21.3. The Hall–Kier alpha value is -1.17. The molecule has 1 unspecified atom stereocenters. The molecular weight excluding hydrogens is 360 g/mol. The van der Waals surface area contributed by atoms with Crippen LogP contribution in [0.3, 0.4) is 0 Å². The average Bonchev–Trinajstić information content (AvgIpc) is 3.12. The lowest BCUT2D eigenvalue weighted by atomic mass is 10.3. The third kappa shape index (κ3) is 5.44. The summed E-state index contributed by atoms with van der Waals surface area (Å²) in [6.07, 6.45) is 0.550. The largest absolute Gasteiger partial charge is 0.355 e. The second-order valence-corrected chi connectivity index (χ2v) is 10.2. The summed E-state index contributed by atoms with van der Waals surface area (Å²) in [5, 5.41) is 7.70. The van der Waals surface area contributed by atoms with Gasteiger partial charge in [-0.25, -0.2) is 21.6 Å². The lowest BCUT2D eigenvalue weighted by molar-refractivity contribution is 0.581. The fourth-order valence-corrected chi connectivity index (χ4v) is 5.89. The van der Waals surface area contributed by atoms with E-state index in [1.54, 1.807) is 24.6 Å². The predicted molar refractivity (Wildman–Crippen MR) is 91.1 cm³/mol. The molecule has 1 fully saturated rings. The first-order valence-corrected chi connectivity index (χ1v) is 11.2. The van der Waals surface area contributed by atoms with Crippen LogP contribution in [0, 0.1) is 0 Å². The number of hydrogen-bond donors (Lipinski definition) is 3. The molecule has 0 aliphatic carbocycles. The first-order valence-electron chi connectivity index (χ1n) is 7.03. The van der Waals surface area contributed by atoms with Crippen molar-refractivity contribution in [1.82, 2.24) is 15.4 Å². The lowest BCUT2D eigenvalue weighted by Crippen LogP contribution is -2.46. The first kappa shape index (κ1) is 18.2. The molecule has 1 aliphatic heterocycles. The van der Waals surface area contributed by atoms with Gasteiger partial charge in [0.25, 0.3) is 0 Å². The Kier molecular flexibility index (Phi) is 6.00. The van der Waals surface area contributed by atoms with Crippen LogP contribution in [0.1, 0.15) is 6.42 Å². The molecule has 1 atom stereocenters. The zero-order chi connectivity index (χ0) is 16.9. The average molecular weight is 381 g/mol. The van der Waals surface area contributed by atoms with Gasteiger partial charge in [0, 0.05) is 26.2 Å². The molecule has 3 N–H and O–H groups in total. The Morgan fingerprint density at radius 2 is 2.22 bits per heavy atom. The first-order chi connectivity index (χ1) is 10.8. The second kappa shape index (κ2) is 7.60. The number of nitrogens with one attached hydrogen (secondary N) is 3. The number of sulfone groups is 1. The van der Waals surface area contributed by atoms with Gasteiger partial charge in [0.2, 0.25) is 10.0 Å². The molecule has 0 radical (unpaired) electrons. The van der Waals surface area contributed by atoms with E-state index in [0.29, 0.717) is 18.9 Å². The van der Waals surface area contributed by atoms with E-state index in [1.165, 1.54) is 0 Å². The number of nitrogens with zero attached hydrogens (tertiary/aromatic N) is 1. The molecular formula is C12H20N4O4S3. The number of hydrogen-bond acceptors (Lipinski definition) is 6. The molecule has 2 rings (SSSR count). The number of rotatable bonds is 6. The van der Waals surface area contributed by atoms with Gasteiger partial charge in [0.15, 0.2) is 15.8 Å². The Morgan fingerprint density at radius 1 is 1.43 bits per heavy atom. The van der Waals surface area contributed by atoms with E-state index >= 15 is 0 Å². The number of aliphatic imine (C=N–C) groups is 1. The van der Waals surface area contributed by atoms with E-state index in [4.69, 9.17) is 0 Å². The van der Waals surface area contributed by atoms with E-state index in [-0.39, 0.29) is 28.3 Å². The maximum atomic E-state index is 11.9. The van der Waals surface area contributed by atoms with Crippen molar-refractivity contribution >= 4 is 37.2 Å². The van der Waals surface area contributed by atoms with Crippen LogP contribution in [0.15, 0.2) is 26.7 Å². The summed E-state index contributed by atoms with van der Waals surface area (Å²) < 4.78 is 49.4. The highest BCUT2D eigenvalue weighted by Crippen LogP contribution is 2.14. The van der Waals surface area contributed by atoms with Crippen molar-refractivity contribution < 1.29 is 16.8 Å². The summed E-state index contributed by atoms with van der Waals surface area (Å²) in [7, 11) is -4.85. The molecule has 0 saturated carbocycles. The third-order valence-electron chi connectivity index (χ3n) is 3.27. The molecule has 0 spiro atoms. The summed E-state index contributed by atoms with van der Waals surface area (Å²) in [5.74, 6) is 0.739. The van der Waals surface area contributed by atoms with Crippen LogP contribution in [0.4, 0.5) is 0 Å². The zero-order valence-corrected chi connectivity index (χ0v) is 15.1. The van der Waals surface area contributed by atoms with Crippen LogP contribution in [0.2, 0.25) is 0 Å². The fourth-order valence-electron chi connectivity index (χ4n) is 2.15. The van der Waals surface area contributed by atoms with Crippen LogP contribution in [0.25, 0.3) is 0 Å². The van der Waals surface area contributed by atoms with Gasteiger partial charge in [-0.15, -0.1) is 11.3 Å². The maximum Gasteiger partial charge on any atom is 0.250 e. The molecule has 2 heterocycles. The second-order valence-electron chi connectivity index (χ2n) is 5.07. The molecule has 0 aromatic carbocycles. The molecule has 1 saturated heterocycles. The van der Waals surface area contributed by atoms with E-state index in [9.17, 15) is 16.8 Å². The molecule has 1 aliphatic rings. The monoisotopic (exact) mass is 380 g/mol. The molecule has 130 valence electrons. The smallest absolute Gasteiger partial charge is 0.250 e. The molecule has 23 heavy (non-hydrogen) atoms. The van der Waals surface area contributed by atoms with Gasteiger partial charge in [0.1, 0.15) is 4.21 Å². The summed E-state index contributed by atoms with van der Waals surface area (Å²) in [4.78, 5) is 4.01. The Balaban J connectivity index is 1.74. The third-order valence-corrected chi connectivity index (χ3v) is 7.89. The number of sulfonamides is 1. The van der Waals surface area contributed by atoms with E-state index in [2.05, 4.69) is 20.3 Å². The lowest BCUT2D eigenvalue weighted by Gasteiger charge is -2.16. The molecule has 8 nitrogen and oxygen atoms in total. The quantitative estimate of drug-likeness (QED) is 0.344. The molecule has 0 bridgehead atoms. The van der Waals surface area contributed by atoms with Crippen LogP contribution < -0.4 is 15.4 Å². The molecule has 1 aromatic rings. The van der Waals surface area contributed by atoms with Crippen LogP contribution in [0.5, 0.6) is 0 Å². The van der Waals surface area contributed by atoms with Crippen LogP contribution in [-0.4, -0.2) is 60.5 Å². The van der Waals surface area contributed by atoms with Crippen molar-refractivity contribution in [2.75, 3.05) is 31.6 Å². The highest BCUT2D eigenvalue weighted by atomic mass is 32.2. The Labute approximate surface area is 140 Å². The van der Waals surface area contributed by atoms with Crippen LogP contribution >= 0.6 is 11.3 Å². The minimum absolute atomic E-state index is 0.0959. The molecule has 0 amide bonds. The summed E-state index contributed by atoms with van der Waals surface area (Å²) in [6.45, 7) is 0.535. The van der Waals surface area contributed by atoms with Gasteiger partial charge >= 0.3 is 0 Å². The SMILES string of the molecule is CN=C(NCCNS(=O)(=O)c1cccs1)NC1CCS(=O)(=O)C1. The highest BCUT2D eigenvalue weighted by Gasteiger charge is 2.28. The van der Waals surface area contributed by atoms with E-state index < -0.39 is 19.9 Å².